The van der Waals surface area contributed by atoms with E-state index in [0.717, 1.165) is 36.8 Å². The molecule has 1 heterocycles. The molecule has 6 heteroatoms. The first-order chi connectivity index (χ1) is 13.7. The molecule has 1 fully saturated rings. The van der Waals surface area contributed by atoms with Crippen LogP contribution >= 0.6 is 0 Å². The van der Waals surface area contributed by atoms with Gasteiger partial charge in [-0.25, -0.2) is 4.99 Å². The topological polar surface area (TPSA) is 58.1 Å². The van der Waals surface area contributed by atoms with Crippen LogP contribution in [0.25, 0.3) is 0 Å². The number of hydrogen-bond donors (Lipinski definition) is 2. The molecule has 1 aliphatic heterocycles. The predicted molar refractivity (Wildman–Crippen MR) is 116 cm³/mol. The second kappa shape index (κ2) is 12.6. The van der Waals surface area contributed by atoms with E-state index in [2.05, 4.69) is 54.5 Å². The van der Waals surface area contributed by atoms with Gasteiger partial charge in [0.25, 0.3) is 0 Å². The molecular formula is C22H38N4O2. The van der Waals surface area contributed by atoms with E-state index in [-0.39, 0.29) is 0 Å². The number of nitrogens with zero attached hydrogens (tertiary/aromatic N) is 2. The van der Waals surface area contributed by atoms with Crippen molar-refractivity contribution < 1.29 is 9.47 Å². The van der Waals surface area contributed by atoms with Crippen molar-refractivity contribution >= 4 is 5.96 Å². The van der Waals surface area contributed by atoms with Crippen LogP contribution in [-0.4, -0.2) is 63.4 Å². The van der Waals surface area contributed by atoms with Crippen LogP contribution in [0.2, 0.25) is 0 Å². The Bertz CT molecular complexity index is 600. The molecule has 1 atom stereocenters. The van der Waals surface area contributed by atoms with E-state index in [0.29, 0.717) is 25.8 Å². The van der Waals surface area contributed by atoms with Crippen molar-refractivity contribution in [3.8, 4) is 5.75 Å². The van der Waals surface area contributed by atoms with Crippen molar-refractivity contribution in [1.29, 1.82) is 0 Å². The molecule has 1 unspecified atom stereocenters. The number of nitrogens with one attached hydrogen (secondary N) is 2. The molecule has 0 amide bonds. The zero-order valence-corrected chi connectivity index (χ0v) is 18.1. The second-order valence-corrected chi connectivity index (χ2v) is 7.33. The van der Waals surface area contributed by atoms with Crippen LogP contribution < -0.4 is 15.4 Å². The highest BCUT2D eigenvalue weighted by atomic mass is 16.5. The minimum absolute atomic E-state index is 0.545. The van der Waals surface area contributed by atoms with Gasteiger partial charge in [-0.05, 0) is 57.8 Å². The van der Waals surface area contributed by atoms with Gasteiger partial charge in [-0.3, -0.25) is 4.90 Å². The molecule has 158 valence electrons. The van der Waals surface area contributed by atoms with E-state index in [4.69, 9.17) is 14.5 Å². The molecule has 0 radical (unpaired) electrons. The van der Waals surface area contributed by atoms with Gasteiger partial charge in [0.05, 0.1) is 13.2 Å². The highest BCUT2D eigenvalue weighted by molar-refractivity contribution is 5.79. The fourth-order valence-electron chi connectivity index (χ4n) is 3.52. The summed E-state index contributed by atoms with van der Waals surface area (Å²) in [4.78, 5) is 7.40. The first-order valence-electron chi connectivity index (χ1n) is 10.6. The SMILES string of the molecule is CCNC(=NCc1ccc(C)cc1OCCOC)NCC(CC)N1CCCC1. The molecule has 1 aliphatic rings. The third kappa shape index (κ3) is 7.32. The molecular weight excluding hydrogens is 352 g/mol. The van der Waals surface area contributed by atoms with E-state index in [1.807, 2.05) is 0 Å². The molecule has 1 aromatic rings. The summed E-state index contributed by atoms with van der Waals surface area (Å²) in [6.07, 6.45) is 3.80. The molecule has 1 saturated heterocycles. The van der Waals surface area contributed by atoms with Gasteiger partial charge in [-0.15, -0.1) is 0 Å². The molecule has 0 aliphatic carbocycles. The number of ether oxygens (including phenoxy) is 2. The minimum atomic E-state index is 0.545. The lowest BCUT2D eigenvalue weighted by atomic mass is 10.1. The summed E-state index contributed by atoms with van der Waals surface area (Å²) in [5.41, 5.74) is 2.27. The third-order valence-corrected chi connectivity index (χ3v) is 5.15. The van der Waals surface area contributed by atoms with Crippen molar-refractivity contribution in [1.82, 2.24) is 15.5 Å². The van der Waals surface area contributed by atoms with Crippen molar-refractivity contribution in [2.75, 3.05) is 46.5 Å². The van der Waals surface area contributed by atoms with Gasteiger partial charge in [0.15, 0.2) is 5.96 Å². The summed E-state index contributed by atoms with van der Waals surface area (Å²) in [7, 11) is 1.69. The third-order valence-electron chi connectivity index (χ3n) is 5.15. The molecule has 1 aromatic carbocycles. The number of aryl methyl sites for hydroxylation is 1. The Labute approximate surface area is 170 Å². The molecule has 6 nitrogen and oxygen atoms in total. The molecule has 2 N–H and O–H groups in total. The Balaban J connectivity index is 1.99. The number of methoxy groups -OCH3 is 1. The van der Waals surface area contributed by atoms with Gasteiger partial charge in [0.1, 0.15) is 12.4 Å². The summed E-state index contributed by atoms with van der Waals surface area (Å²) in [5, 5.41) is 6.90. The summed E-state index contributed by atoms with van der Waals surface area (Å²) < 4.78 is 11.0. The summed E-state index contributed by atoms with van der Waals surface area (Å²) >= 11 is 0. The number of likely N-dealkylation sites (tertiary alicyclic amines) is 1. The second-order valence-electron chi connectivity index (χ2n) is 7.33. The van der Waals surface area contributed by atoms with Gasteiger partial charge in [0, 0.05) is 31.8 Å². The Morgan fingerprint density at radius 3 is 2.64 bits per heavy atom. The molecule has 0 spiro atoms. The minimum Gasteiger partial charge on any atom is -0.491 e. The van der Waals surface area contributed by atoms with Crippen LogP contribution in [0.1, 0.15) is 44.2 Å². The Hall–Kier alpha value is -1.79. The molecule has 2 rings (SSSR count). The van der Waals surface area contributed by atoms with Crippen LogP contribution in [0.15, 0.2) is 23.2 Å². The lowest BCUT2D eigenvalue weighted by Crippen LogP contribution is -2.46. The number of guanidine groups is 1. The predicted octanol–water partition coefficient (Wildman–Crippen LogP) is 2.95. The largest absolute Gasteiger partial charge is 0.491 e. The van der Waals surface area contributed by atoms with Crippen molar-refractivity contribution in [3.63, 3.8) is 0 Å². The highest BCUT2D eigenvalue weighted by Crippen LogP contribution is 2.21. The Kier molecular flexibility index (Phi) is 10.1. The first-order valence-corrected chi connectivity index (χ1v) is 10.6. The van der Waals surface area contributed by atoms with Crippen LogP contribution in [0.3, 0.4) is 0 Å². The van der Waals surface area contributed by atoms with Crippen molar-refractivity contribution in [3.05, 3.63) is 29.3 Å². The zero-order chi connectivity index (χ0) is 20.2. The Morgan fingerprint density at radius 1 is 1.18 bits per heavy atom. The maximum Gasteiger partial charge on any atom is 0.191 e. The van der Waals surface area contributed by atoms with Crippen molar-refractivity contribution in [2.24, 2.45) is 4.99 Å². The number of aliphatic imine (C=N–C) groups is 1. The average molecular weight is 391 g/mol. The van der Waals surface area contributed by atoms with E-state index < -0.39 is 0 Å². The lowest BCUT2D eigenvalue weighted by molar-refractivity contribution is 0.145. The summed E-state index contributed by atoms with van der Waals surface area (Å²) in [6, 6.07) is 6.85. The van der Waals surface area contributed by atoms with Gasteiger partial charge in [0.2, 0.25) is 0 Å². The lowest BCUT2D eigenvalue weighted by Gasteiger charge is -2.27. The summed E-state index contributed by atoms with van der Waals surface area (Å²) in [5.74, 6) is 1.75. The average Bonchev–Trinajstić information content (AvgIpc) is 3.22. The van der Waals surface area contributed by atoms with Crippen LogP contribution in [0.5, 0.6) is 5.75 Å². The van der Waals surface area contributed by atoms with Crippen LogP contribution in [0, 0.1) is 6.92 Å². The molecule has 28 heavy (non-hydrogen) atoms. The fourth-order valence-corrected chi connectivity index (χ4v) is 3.52. The normalized spacial score (nSPS) is 16.2. The van der Waals surface area contributed by atoms with E-state index in [1.165, 1.54) is 31.5 Å². The molecule has 0 bridgehead atoms. The number of benzene rings is 1. The first kappa shape index (κ1) is 22.5. The summed E-state index contributed by atoms with van der Waals surface area (Å²) in [6.45, 7) is 12.4. The quantitative estimate of drug-likeness (QED) is 0.346. The van der Waals surface area contributed by atoms with E-state index in [1.54, 1.807) is 7.11 Å². The van der Waals surface area contributed by atoms with Crippen LogP contribution in [-0.2, 0) is 11.3 Å². The van der Waals surface area contributed by atoms with Gasteiger partial charge >= 0.3 is 0 Å². The van der Waals surface area contributed by atoms with Crippen molar-refractivity contribution in [2.45, 2.75) is 52.6 Å². The van der Waals surface area contributed by atoms with Crippen LogP contribution in [0.4, 0.5) is 0 Å². The van der Waals surface area contributed by atoms with Gasteiger partial charge < -0.3 is 20.1 Å². The molecule has 0 aromatic heterocycles. The highest BCUT2D eigenvalue weighted by Gasteiger charge is 2.20. The standard InChI is InChI=1S/C22H38N4O2/c1-5-20(26-11-7-8-12-26)17-25-22(23-6-2)24-16-19-10-9-18(3)15-21(19)28-14-13-27-4/h9-10,15,20H,5-8,11-14,16-17H2,1-4H3,(H2,23,24,25). The maximum absolute atomic E-state index is 5.89. The Morgan fingerprint density at radius 2 is 1.96 bits per heavy atom. The van der Waals surface area contributed by atoms with Gasteiger partial charge in [-0.2, -0.15) is 0 Å². The maximum atomic E-state index is 5.89. The van der Waals surface area contributed by atoms with E-state index >= 15 is 0 Å². The number of rotatable bonds is 11. The van der Waals surface area contributed by atoms with Gasteiger partial charge in [-0.1, -0.05) is 19.1 Å². The van der Waals surface area contributed by atoms with E-state index in [9.17, 15) is 0 Å². The molecule has 0 saturated carbocycles. The monoisotopic (exact) mass is 390 g/mol. The fraction of sp³-hybridized carbons (Fsp3) is 0.682. The number of hydrogen-bond acceptors (Lipinski definition) is 4. The smallest absolute Gasteiger partial charge is 0.191 e. The zero-order valence-electron chi connectivity index (χ0n) is 18.1.